The van der Waals surface area contributed by atoms with E-state index in [9.17, 15) is 0 Å². The minimum Gasteiger partial charge on any atom is -0.322 e. The molecule has 9 rings (SSSR count). The largest absolute Gasteiger partial charge is 0.322 e. The van der Waals surface area contributed by atoms with Crippen molar-refractivity contribution in [3.8, 4) is 33.4 Å². The van der Waals surface area contributed by atoms with E-state index in [4.69, 9.17) is 4.99 Å². The van der Waals surface area contributed by atoms with Gasteiger partial charge in [0.1, 0.15) is 5.84 Å². The zero-order valence-electron chi connectivity index (χ0n) is 29.3. The van der Waals surface area contributed by atoms with Gasteiger partial charge in [0, 0.05) is 5.69 Å². The predicted octanol–water partition coefficient (Wildman–Crippen LogP) is 13.1. The first-order valence-electron chi connectivity index (χ1n) is 17.6. The summed E-state index contributed by atoms with van der Waals surface area (Å²) in [7, 11) is 0. The van der Waals surface area contributed by atoms with Gasteiger partial charge in [-0.05, 0) is 141 Å². The summed E-state index contributed by atoms with van der Waals surface area (Å²) in [6.45, 7) is 11.2. The lowest BCUT2D eigenvalue weighted by Crippen LogP contribution is -2.53. The molecule has 0 unspecified atom stereocenters. The highest BCUT2D eigenvalue weighted by molar-refractivity contribution is 6.22. The van der Waals surface area contributed by atoms with Crippen molar-refractivity contribution >= 4 is 54.6 Å². The Labute approximate surface area is 294 Å². The molecule has 2 nitrogen and oxygen atoms in total. The van der Waals surface area contributed by atoms with Gasteiger partial charge in [-0.2, -0.15) is 0 Å². The van der Waals surface area contributed by atoms with Crippen molar-refractivity contribution in [1.29, 1.82) is 0 Å². The summed E-state index contributed by atoms with van der Waals surface area (Å²) in [5.41, 5.74) is 8.24. The maximum absolute atomic E-state index is 5.07. The highest BCUT2D eigenvalue weighted by Gasteiger charge is 2.48. The van der Waals surface area contributed by atoms with Crippen LogP contribution < -0.4 is 4.90 Å². The van der Waals surface area contributed by atoms with Gasteiger partial charge in [0.15, 0.2) is 0 Å². The molecule has 0 fully saturated rings. The fraction of sp³-hybridized carbons (Fsp3) is 0.146. The molecule has 1 aliphatic heterocycles. The lowest BCUT2D eigenvalue weighted by molar-refractivity contribution is 0.338. The molecule has 0 N–H and O–H groups in total. The van der Waals surface area contributed by atoms with Crippen molar-refractivity contribution in [3.63, 3.8) is 0 Å². The van der Waals surface area contributed by atoms with Gasteiger partial charge in [0.05, 0.1) is 11.1 Å². The molecule has 0 saturated heterocycles. The summed E-state index contributed by atoms with van der Waals surface area (Å²) in [5, 5.41) is 10.0. The molecule has 8 aromatic rings. The molecule has 0 bridgehead atoms. The molecular formula is C48H40N2. The highest BCUT2D eigenvalue weighted by Crippen LogP contribution is 2.46. The third-order valence-corrected chi connectivity index (χ3v) is 11.4. The average molecular weight is 645 g/mol. The fourth-order valence-electron chi connectivity index (χ4n) is 8.27. The lowest BCUT2D eigenvalue weighted by atomic mass is 9.82. The van der Waals surface area contributed by atoms with E-state index in [1.165, 1.54) is 82.2 Å². The second-order valence-electron chi connectivity index (χ2n) is 14.8. The van der Waals surface area contributed by atoms with Gasteiger partial charge >= 0.3 is 0 Å². The minimum absolute atomic E-state index is 0.157. The third kappa shape index (κ3) is 4.66. The van der Waals surface area contributed by atoms with Crippen LogP contribution in [-0.2, 0) is 0 Å². The molecule has 0 amide bonds. The highest BCUT2D eigenvalue weighted by atomic mass is 15.3. The van der Waals surface area contributed by atoms with E-state index in [1.54, 1.807) is 0 Å². The van der Waals surface area contributed by atoms with Crippen molar-refractivity contribution in [2.45, 2.75) is 45.7 Å². The van der Waals surface area contributed by atoms with Gasteiger partial charge in [-0.1, -0.05) is 121 Å². The molecule has 242 valence electrons. The number of benzene rings is 8. The first kappa shape index (κ1) is 30.3. The Kier molecular flexibility index (Phi) is 6.77. The average Bonchev–Trinajstić information content (AvgIpc) is 3.30. The molecule has 0 aromatic heterocycles. The molecule has 0 aliphatic carbocycles. The van der Waals surface area contributed by atoms with Crippen molar-refractivity contribution in [2.75, 3.05) is 4.90 Å². The van der Waals surface area contributed by atoms with E-state index in [2.05, 4.69) is 191 Å². The number of aliphatic imine (C=N–C) groups is 1. The van der Waals surface area contributed by atoms with Crippen LogP contribution in [0, 0.1) is 0 Å². The molecule has 1 heterocycles. The number of hydrogen-bond acceptors (Lipinski definition) is 2. The molecule has 0 saturated carbocycles. The van der Waals surface area contributed by atoms with E-state index in [0.29, 0.717) is 0 Å². The Morgan fingerprint density at radius 2 is 0.920 bits per heavy atom. The smallest absolute Gasteiger partial charge is 0.102 e. The van der Waals surface area contributed by atoms with Crippen molar-refractivity contribution < 1.29 is 0 Å². The second-order valence-corrected chi connectivity index (χ2v) is 14.8. The number of hydrogen-bond donors (Lipinski definition) is 0. The van der Waals surface area contributed by atoms with Gasteiger partial charge in [0.25, 0.3) is 0 Å². The summed E-state index contributed by atoms with van der Waals surface area (Å²) in [5.74, 6) is 1.06. The summed E-state index contributed by atoms with van der Waals surface area (Å²) >= 11 is 0. The number of nitrogens with zero attached hydrogens (tertiary/aromatic N) is 2. The zero-order chi connectivity index (χ0) is 34.2. The van der Waals surface area contributed by atoms with Gasteiger partial charge in [-0.15, -0.1) is 0 Å². The van der Waals surface area contributed by atoms with E-state index in [1.807, 2.05) is 0 Å². The predicted molar refractivity (Wildman–Crippen MR) is 217 cm³/mol. The van der Waals surface area contributed by atoms with E-state index in [0.717, 1.165) is 5.84 Å². The van der Waals surface area contributed by atoms with Crippen LogP contribution in [0.5, 0.6) is 0 Å². The Hall–Kier alpha value is -5.73. The molecule has 8 aromatic carbocycles. The van der Waals surface area contributed by atoms with Gasteiger partial charge < -0.3 is 4.90 Å². The van der Waals surface area contributed by atoms with Crippen LogP contribution in [-0.4, -0.2) is 16.9 Å². The normalized spacial score (nSPS) is 15.3. The molecular weight excluding hydrogens is 605 g/mol. The lowest BCUT2D eigenvalue weighted by Gasteiger charge is -2.41. The number of rotatable bonds is 4. The maximum atomic E-state index is 5.07. The van der Waals surface area contributed by atoms with Gasteiger partial charge in [0.2, 0.25) is 0 Å². The third-order valence-electron chi connectivity index (χ3n) is 11.4. The second kappa shape index (κ2) is 11.1. The standard InChI is InChI=1S/C48H40N2/c1-31-49-47(2,3)48(4,5)50(31)40-18-12-17-36(29-40)37-25-26-43-44(30-37)46(39-24-22-33-14-7-9-16-35(33)28-39)42-20-11-10-19-41(42)45(43)38-23-21-32-13-6-8-15-34(32)27-38/h6-30H,1-5H3. The summed E-state index contributed by atoms with van der Waals surface area (Å²) in [4.78, 5) is 7.48. The van der Waals surface area contributed by atoms with E-state index < -0.39 is 0 Å². The molecule has 50 heavy (non-hydrogen) atoms. The molecule has 1 aliphatic rings. The maximum Gasteiger partial charge on any atom is 0.102 e. The number of amidine groups is 1. The zero-order valence-corrected chi connectivity index (χ0v) is 29.3. The summed E-state index contributed by atoms with van der Waals surface area (Å²) in [6.07, 6.45) is 0. The monoisotopic (exact) mass is 644 g/mol. The van der Waals surface area contributed by atoms with Crippen LogP contribution in [0.15, 0.2) is 157 Å². The van der Waals surface area contributed by atoms with Crippen LogP contribution in [0.3, 0.4) is 0 Å². The van der Waals surface area contributed by atoms with E-state index in [-0.39, 0.29) is 11.1 Å². The van der Waals surface area contributed by atoms with Crippen molar-refractivity contribution in [3.05, 3.63) is 152 Å². The van der Waals surface area contributed by atoms with Crippen molar-refractivity contribution in [2.24, 2.45) is 4.99 Å². The Morgan fingerprint density at radius 1 is 0.420 bits per heavy atom. The van der Waals surface area contributed by atoms with Crippen LogP contribution in [0.25, 0.3) is 76.5 Å². The molecule has 0 atom stereocenters. The quantitative estimate of drug-likeness (QED) is 0.174. The Bertz CT molecular complexity index is 2680. The van der Waals surface area contributed by atoms with Crippen LogP contribution >= 0.6 is 0 Å². The van der Waals surface area contributed by atoms with Crippen LogP contribution in [0.1, 0.15) is 34.6 Å². The SMILES string of the molecule is CC1=NC(C)(C)C(C)(C)N1c1cccc(-c2ccc3c(-c4ccc5ccccc5c4)c4ccccc4c(-c4ccc5ccccc5c4)c3c2)c1. The molecule has 0 spiro atoms. The first-order chi connectivity index (χ1) is 24.2. The van der Waals surface area contributed by atoms with Crippen LogP contribution in [0.2, 0.25) is 0 Å². The topological polar surface area (TPSA) is 15.6 Å². The van der Waals surface area contributed by atoms with Crippen molar-refractivity contribution in [1.82, 2.24) is 0 Å². The molecule has 0 radical (unpaired) electrons. The Morgan fingerprint density at radius 3 is 1.50 bits per heavy atom. The van der Waals surface area contributed by atoms with Crippen LogP contribution in [0.4, 0.5) is 5.69 Å². The van der Waals surface area contributed by atoms with Gasteiger partial charge in [-0.3, -0.25) is 4.99 Å². The summed E-state index contributed by atoms with van der Waals surface area (Å²) in [6, 6.07) is 56.2. The number of anilines is 1. The molecule has 2 heteroatoms. The van der Waals surface area contributed by atoms with Gasteiger partial charge in [-0.25, -0.2) is 0 Å². The minimum atomic E-state index is -0.189. The summed E-state index contributed by atoms with van der Waals surface area (Å²) < 4.78 is 0. The van der Waals surface area contributed by atoms with E-state index >= 15 is 0 Å². The fourth-order valence-corrected chi connectivity index (χ4v) is 8.27. The Balaban J connectivity index is 1.32. The first-order valence-corrected chi connectivity index (χ1v) is 17.6. The number of fused-ring (bicyclic) bond motifs is 4.